The number of unbranched alkanes of at least 4 members (excludes halogenated alkanes) is 58. The Hall–Kier alpha value is -1.85. The van der Waals surface area contributed by atoms with Gasteiger partial charge < -0.3 is 14.2 Å². The van der Waals surface area contributed by atoms with Crippen molar-refractivity contribution in [3.05, 3.63) is 12.2 Å². The van der Waals surface area contributed by atoms with Gasteiger partial charge in [0.15, 0.2) is 6.10 Å². The first-order chi connectivity index (χ1) is 40.5. The fourth-order valence-electron chi connectivity index (χ4n) is 11.9. The fourth-order valence-corrected chi connectivity index (χ4v) is 11.9. The Morgan fingerprint density at radius 2 is 0.427 bits per heavy atom. The van der Waals surface area contributed by atoms with Crippen molar-refractivity contribution >= 4 is 17.9 Å². The summed E-state index contributed by atoms with van der Waals surface area (Å²) < 4.78 is 17.0. The Bertz CT molecular complexity index is 1280. The lowest BCUT2D eigenvalue weighted by molar-refractivity contribution is -0.167. The normalized spacial score (nSPS) is 12.0. The molecule has 0 bridgehead atoms. The highest BCUT2D eigenvalue weighted by molar-refractivity contribution is 5.71. The van der Waals surface area contributed by atoms with E-state index in [0.717, 1.165) is 70.6 Å². The van der Waals surface area contributed by atoms with Gasteiger partial charge in [0.25, 0.3) is 0 Å². The fraction of sp³-hybridized carbons (Fsp3) is 0.934. The van der Waals surface area contributed by atoms with Crippen LogP contribution in [-0.4, -0.2) is 37.2 Å². The summed E-state index contributed by atoms with van der Waals surface area (Å²) in [6, 6.07) is 0. The zero-order valence-electron chi connectivity index (χ0n) is 56.1. The first-order valence-electron chi connectivity index (χ1n) is 37.7. The number of carbonyl (C=O) groups is 3. The Morgan fingerprint density at radius 1 is 0.232 bits per heavy atom. The summed E-state index contributed by atoms with van der Waals surface area (Å²) in [6.45, 7) is 6.67. The Labute approximate surface area is 513 Å². The van der Waals surface area contributed by atoms with E-state index < -0.39 is 6.10 Å². The van der Waals surface area contributed by atoms with Crippen molar-refractivity contribution in [1.82, 2.24) is 0 Å². The van der Waals surface area contributed by atoms with Crippen LogP contribution >= 0.6 is 0 Å². The van der Waals surface area contributed by atoms with Crippen LogP contribution in [0.2, 0.25) is 0 Å². The highest BCUT2D eigenvalue weighted by atomic mass is 16.6. The molecule has 0 amide bonds. The van der Waals surface area contributed by atoms with Crippen LogP contribution in [0.1, 0.15) is 438 Å². The summed E-state index contributed by atoms with van der Waals surface area (Å²) in [6.07, 6.45) is 87.2. The monoisotopic (exact) mass is 1160 g/mol. The van der Waals surface area contributed by atoms with E-state index in [2.05, 4.69) is 32.9 Å². The van der Waals surface area contributed by atoms with Gasteiger partial charge in [0.2, 0.25) is 0 Å². The zero-order chi connectivity index (χ0) is 59.2. The number of esters is 3. The second-order valence-corrected chi connectivity index (χ2v) is 25.9. The molecule has 82 heavy (non-hydrogen) atoms. The molecule has 0 aliphatic rings. The van der Waals surface area contributed by atoms with Gasteiger partial charge in [-0.3, -0.25) is 14.4 Å². The van der Waals surface area contributed by atoms with E-state index in [1.165, 1.54) is 327 Å². The molecule has 0 rings (SSSR count). The molecule has 0 aromatic carbocycles. The molecule has 0 aliphatic heterocycles. The van der Waals surface area contributed by atoms with Gasteiger partial charge in [-0.05, 0) is 38.5 Å². The van der Waals surface area contributed by atoms with E-state index in [1.807, 2.05) is 0 Å². The molecule has 0 aromatic heterocycles. The van der Waals surface area contributed by atoms with Gasteiger partial charge in [0, 0.05) is 19.3 Å². The SMILES string of the molecule is CCC/C=C\CCCCCCCC(=O)OCC(COC(=O)CCCCCCCCCCCCCCCCCCCCCCCCCCCCCCCCC)OC(=O)CCCCCCCCCCCCCCCCCCCCCCCCC. The molecule has 486 valence electrons. The summed E-state index contributed by atoms with van der Waals surface area (Å²) in [5.41, 5.74) is 0. The number of hydrogen-bond donors (Lipinski definition) is 0. The van der Waals surface area contributed by atoms with Crippen molar-refractivity contribution in [3.63, 3.8) is 0 Å². The second-order valence-electron chi connectivity index (χ2n) is 25.9. The maximum atomic E-state index is 12.9. The third-order valence-electron chi connectivity index (χ3n) is 17.5. The smallest absolute Gasteiger partial charge is 0.306 e. The van der Waals surface area contributed by atoms with E-state index in [0.29, 0.717) is 19.3 Å². The average molecular weight is 1160 g/mol. The van der Waals surface area contributed by atoms with Gasteiger partial charge in [0.1, 0.15) is 13.2 Å². The number of hydrogen-bond acceptors (Lipinski definition) is 6. The second kappa shape index (κ2) is 71.6. The van der Waals surface area contributed by atoms with Crippen LogP contribution in [-0.2, 0) is 28.6 Å². The quantitative estimate of drug-likeness (QED) is 0.0261. The third-order valence-corrected chi connectivity index (χ3v) is 17.5. The summed E-state index contributed by atoms with van der Waals surface area (Å²) in [5.74, 6) is -0.842. The highest BCUT2D eigenvalue weighted by Crippen LogP contribution is 2.20. The van der Waals surface area contributed by atoms with Gasteiger partial charge in [-0.2, -0.15) is 0 Å². The first kappa shape index (κ1) is 80.2. The molecule has 0 spiro atoms. The third kappa shape index (κ3) is 68.9. The van der Waals surface area contributed by atoms with Crippen LogP contribution in [0.4, 0.5) is 0 Å². The Balaban J connectivity index is 4.05. The molecule has 1 atom stereocenters. The predicted molar refractivity (Wildman–Crippen MR) is 358 cm³/mol. The molecular formula is C76H146O6. The Morgan fingerprint density at radius 3 is 0.659 bits per heavy atom. The molecule has 6 nitrogen and oxygen atoms in total. The Kier molecular flexibility index (Phi) is 70.0. The number of rotatable bonds is 71. The van der Waals surface area contributed by atoms with Crippen LogP contribution in [0.3, 0.4) is 0 Å². The largest absolute Gasteiger partial charge is 0.462 e. The molecule has 6 heteroatoms. The number of carbonyl (C=O) groups excluding carboxylic acids is 3. The maximum absolute atomic E-state index is 12.9. The molecule has 0 aliphatic carbocycles. The van der Waals surface area contributed by atoms with E-state index in [9.17, 15) is 14.4 Å². The first-order valence-corrected chi connectivity index (χ1v) is 37.7. The van der Waals surface area contributed by atoms with E-state index in [-0.39, 0.29) is 31.1 Å². The summed E-state index contributed by atoms with van der Waals surface area (Å²) >= 11 is 0. The minimum Gasteiger partial charge on any atom is -0.462 e. The van der Waals surface area contributed by atoms with E-state index in [4.69, 9.17) is 14.2 Å². The van der Waals surface area contributed by atoms with Gasteiger partial charge in [-0.25, -0.2) is 0 Å². The lowest BCUT2D eigenvalue weighted by Gasteiger charge is -2.18. The molecule has 0 saturated heterocycles. The van der Waals surface area contributed by atoms with Crippen molar-refractivity contribution < 1.29 is 28.6 Å². The van der Waals surface area contributed by atoms with Crippen molar-refractivity contribution in [2.75, 3.05) is 13.2 Å². The van der Waals surface area contributed by atoms with Crippen molar-refractivity contribution in [3.8, 4) is 0 Å². The molecule has 0 heterocycles. The van der Waals surface area contributed by atoms with Crippen molar-refractivity contribution in [1.29, 1.82) is 0 Å². The van der Waals surface area contributed by atoms with Crippen molar-refractivity contribution in [2.24, 2.45) is 0 Å². The minimum absolute atomic E-state index is 0.0659. The standard InChI is InChI=1S/C76H146O6/c1-4-7-10-13-16-19-22-24-26-28-30-32-34-35-36-37-38-39-40-41-43-44-46-48-50-52-54-57-60-63-66-69-75(78)81-72-73(71-80-74(77)68-65-62-59-56-21-18-15-12-9-6-3)82-76(79)70-67-64-61-58-55-53-51-49-47-45-42-33-31-29-27-25-23-20-17-14-11-8-5-2/h12,15,73H,4-11,13-14,16-72H2,1-3H3/b15-12-. The number of allylic oxidation sites excluding steroid dienone is 2. The van der Waals surface area contributed by atoms with E-state index >= 15 is 0 Å². The molecule has 1 unspecified atom stereocenters. The lowest BCUT2D eigenvalue weighted by Crippen LogP contribution is -2.30. The summed E-state index contributed by atoms with van der Waals surface area (Å²) in [5, 5.41) is 0. The molecule has 0 aromatic rings. The molecule has 0 saturated carbocycles. The van der Waals surface area contributed by atoms with Crippen LogP contribution in [0, 0.1) is 0 Å². The molecular weight excluding hydrogens is 1010 g/mol. The van der Waals surface area contributed by atoms with Crippen LogP contribution in [0.25, 0.3) is 0 Å². The summed E-state index contributed by atoms with van der Waals surface area (Å²) in [4.78, 5) is 38.4. The molecule has 0 fully saturated rings. The summed E-state index contributed by atoms with van der Waals surface area (Å²) in [7, 11) is 0. The van der Waals surface area contributed by atoms with Gasteiger partial charge in [0.05, 0.1) is 0 Å². The van der Waals surface area contributed by atoms with Crippen LogP contribution in [0.5, 0.6) is 0 Å². The molecule has 0 N–H and O–H groups in total. The molecule has 0 radical (unpaired) electrons. The van der Waals surface area contributed by atoms with Gasteiger partial charge in [-0.1, -0.05) is 392 Å². The zero-order valence-corrected chi connectivity index (χ0v) is 56.1. The maximum Gasteiger partial charge on any atom is 0.306 e. The topological polar surface area (TPSA) is 78.9 Å². The van der Waals surface area contributed by atoms with Crippen LogP contribution < -0.4 is 0 Å². The minimum atomic E-state index is -0.769. The van der Waals surface area contributed by atoms with Crippen molar-refractivity contribution in [2.45, 2.75) is 444 Å². The lowest BCUT2D eigenvalue weighted by atomic mass is 10.0. The van der Waals surface area contributed by atoms with E-state index in [1.54, 1.807) is 0 Å². The average Bonchev–Trinajstić information content (AvgIpc) is 3.48. The van der Waals surface area contributed by atoms with Gasteiger partial charge in [-0.15, -0.1) is 0 Å². The van der Waals surface area contributed by atoms with Crippen LogP contribution in [0.15, 0.2) is 12.2 Å². The number of ether oxygens (including phenoxy) is 3. The van der Waals surface area contributed by atoms with Gasteiger partial charge >= 0.3 is 17.9 Å². The highest BCUT2D eigenvalue weighted by Gasteiger charge is 2.20. The predicted octanol–water partition coefficient (Wildman–Crippen LogP) is 26.0.